The van der Waals surface area contributed by atoms with Gasteiger partial charge >= 0.3 is 0 Å². The Kier molecular flexibility index (Phi) is 8.71. The van der Waals surface area contributed by atoms with E-state index in [4.69, 9.17) is 9.73 Å². The molecule has 2 fully saturated rings. The highest BCUT2D eigenvalue weighted by molar-refractivity contribution is 5.89. The molecule has 1 aromatic heterocycles. The number of methoxy groups -OCH3 is 1. The lowest BCUT2D eigenvalue weighted by molar-refractivity contribution is 0.191. The second-order valence-electron chi connectivity index (χ2n) is 8.52. The lowest BCUT2D eigenvalue weighted by Gasteiger charge is -2.27. The minimum absolute atomic E-state index is 0.252. The van der Waals surface area contributed by atoms with Gasteiger partial charge < -0.3 is 20.7 Å². The molecule has 2 saturated carbocycles. The van der Waals surface area contributed by atoms with Crippen LogP contribution in [0.3, 0.4) is 0 Å². The standard InChI is InChI=1S/C23H34N8O/c1-17(21-8-11-26-22(31-21)27-15-23(14-24)9-10-23)28-16-29-18(2)30-20-6-4-19(5-7-20)25-12-13-32-3/h8,11,16,19-20,25H,1,4-7,9-10,12-13,15H2,2-3H3,(H,26,27,31)(H,28,29,30). The molecule has 0 unspecified atom stereocenters. The van der Waals surface area contributed by atoms with Gasteiger partial charge in [-0.05, 0) is 51.5 Å². The molecular formula is C23H34N8O. The van der Waals surface area contributed by atoms with Gasteiger partial charge in [0.05, 0.1) is 41.9 Å². The minimum Gasteiger partial charge on any atom is -0.383 e. The zero-order chi connectivity index (χ0) is 22.8. The predicted molar refractivity (Wildman–Crippen MR) is 127 cm³/mol. The Morgan fingerprint density at radius 3 is 2.84 bits per heavy atom. The highest BCUT2D eigenvalue weighted by Gasteiger charge is 2.43. The number of hydrogen-bond donors (Lipinski definition) is 3. The molecular weight excluding hydrogens is 404 g/mol. The van der Waals surface area contributed by atoms with E-state index in [2.05, 4.69) is 43.6 Å². The lowest BCUT2D eigenvalue weighted by Crippen LogP contribution is -2.36. The van der Waals surface area contributed by atoms with E-state index in [9.17, 15) is 5.26 Å². The van der Waals surface area contributed by atoms with E-state index in [0.29, 0.717) is 36.0 Å². The van der Waals surface area contributed by atoms with E-state index in [1.807, 2.05) is 6.92 Å². The summed E-state index contributed by atoms with van der Waals surface area (Å²) in [6.45, 7) is 8.16. The monoisotopic (exact) mass is 438 g/mol. The van der Waals surface area contributed by atoms with E-state index >= 15 is 0 Å². The van der Waals surface area contributed by atoms with Gasteiger partial charge in [0.2, 0.25) is 5.95 Å². The number of rotatable bonds is 11. The van der Waals surface area contributed by atoms with Gasteiger partial charge in [0.1, 0.15) is 5.84 Å². The second-order valence-corrected chi connectivity index (χ2v) is 8.52. The zero-order valence-corrected chi connectivity index (χ0v) is 19.1. The SMILES string of the molecule is C=C(NC=NC(C)=NC1CCC(NCCOC)CC1)c1ccnc(NCC2(C#N)CC2)n1. The smallest absolute Gasteiger partial charge is 0.223 e. The van der Waals surface area contributed by atoms with Gasteiger partial charge in [-0.2, -0.15) is 5.26 Å². The summed E-state index contributed by atoms with van der Waals surface area (Å²) in [7, 11) is 1.73. The topological polar surface area (TPSA) is 120 Å². The third kappa shape index (κ3) is 7.39. The zero-order valence-electron chi connectivity index (χ0n) is 19.1. The van der Waals surface area contributed by atoms with Gasteiger partial charge in [0, 0.05) is 32.4 Å². The van der Waals surface area contributed by atoms with Crippen molar-refractivity contribution in [1.82, 2.24) is 20.6 Å². The molecule has 1 aromatic rings. The Morgan fingerprint density at radius 2 is 2.16 bits per heavy atom. The number of anilines is 1. The quantitative estimate of drug-likeness (QED) is 0.276. The summed E-state index contributed by atoms with van der Waals surface area (Å²) in [6, 6.07) is 5.03. The summed E-state index contributed by atoms with van der Waals surface area (Å²) in [6.07, 6.45) is 9.52. The van der Waals surface area contributed by atoms with Crippen molar-refractivity contribution < 1.29 is 4.74 Å². The summed E-state index contributed by atoms with van der Waals surface area (Å²) in [5.74, 6) is 1.24. The third-order valence-corrected chi connectivity index (χ3v) is 5.94. The molecule has 0 radical (unpaired) electrons. The summed E-state index contributed by atoms with van der Waals surface area (Å²) in [4.78, 5) is 17.8. The molecule has 3 rings (SSSR count). The van der Waals surface area contributed by atoms with Crippen LogP contribution in [0.15, 0.2) is 28.8 Å². The van der Waals surface area contributed by atoms with E-state index in [-0.39, 0.29) is 5.41 Å². The number of aromatic nitrogens is 2. The van der Waals surface area contributed by atoms with Crippen LogP contribution in [0.1, 0.15) is 51.1 Å². The van der Waals surface area contributed by atoms with E-state index in [0.717, 1.165) is 57.5 Å². The van der Waals surface area contributed by atoms with Crippen LogP contribution in [0, 0.1) is 16.7 Å². The number of hydrogen-bond acceptors (Lipinski definition) is 7. The van der Waals surface area contributed by atoms with Crippen molar-refractivity contribution in [3.8, 4) is 6.07 Å². The van der Waals surface area contributed by atoms with Gasteiger partial charge in [0.25, 0.3) is 0 Å². The molecule has 2 aliphatic rings. The molecule has 0 spiro atoms. The fourth-order valence-electron chi connectivity index (χ4n) is 3.69. The van der Waals surface area contributed by atoms with Crippen molar-refractivity contribution in [3.63, 3.8) is 0 Å². The minimum atomic E-state index is -0.252. The number of aliphatic imine (C=N–C) groups is 2. The van der Waals surface area contributed by atoms with Crippen LogP contribution in [-0.2, 0) is 4.74 Å². The van der Waals surface area contributed by atoms with Crippen molar-refractivity contribution >= 4 is 23.8 Å². The average Bonchev–Trinajstić information content (AvgIpc) is 3.60. The molecule has 3 N–H and O–H groups in total. The first-order chi connectivity index (χ1) is 15.5. The van der Waals surface area contributed by atoms with Crippen LogP contribution < -0.4 is 16.0 Å². The second kappa shape index (κ2) is 11.7. The molecule has 1 heterocycles. The molecule has 0 aromatic carbocycles. The first-order valence-corrected chi connectivity index (χ1v) is 11.3. The van der Waals surface area contributed by atoms with Gasteiger partial charge in [0.15, 0.2) is 0 Å². The summed E-state index contributed by atoms with van der Waals surface area (Å²) in [5, 5.41) is 18.9. The number of nitrogens with zero attached hydrogens (tertiary/aromatic N) is 5. The largest absolute Gasteiger partial charge is 0.383 e. The molecule has 2 aliphatic carbocycles. The highest BCUT2D eigenvalue weighted by atomic mass is 16.5. The van der Waals surface area contributed by atoms with Crippen LogP contribution in [0.25, 0.3) is 5.70 Å². The maximum Gasteiger partial charge on any atom is 0.223 e. The van der Waals surface area contributed by atoms with Crippen molar-refractivity contribution in [1.29, 1.82) is 5.26 Å². The van der Waals surface area contributed by atoms with Gasteiger partial charge in [-0.15, -0.1) is 0 Å². The number of amidine groups is 1. The van der Waals surface area contributed by atoms with Crippen molar-refractivity contribution in [2.24, 2.45) is 15.4 Å². The van der Waals surface area contributed by atoms with Crippen molar-refractivity contribution in [2.45, 2.75) is 57.5 Å². The van der Waals surface area contributed by atoms with Crippen molar-refractivity contribution in [3.05, 3.63) is 24.5 Å². The molecule has 32 heavy (non-hydrogen) atoms. The highest BCUT2D eigenvalue weighted by Crippen LogP contribution is 2.44. The fourth-order valence-corrected chi connectivity index (χ4v) is 3.69. The first kappa shape index (κ1) is 23.8. The summed E-state index contributed by atoms with van der Waals surface area (Å²) >= 11 is 0. The molecule has 0 bridgehead atoms. The fraction of sp³-hybridized carbons (Fsp3) is 0.609. The van der Waals surface area contributed by atoms with Gasteiger partial charge in [-0.25, -0.2) is 15.0 Å². The normalized spacial score (nSPS) is 22.3. The predicted octanol–water partition coefficient (Wildman–Crippen LogP) is 2.75. The number of ether oxygens (including phenoxy) is 1. The van der Waals surface area contributed by atoms with Gasteiger partial charge in [-0.3, -0.25) is 4.99 Å². The molecule has 0 aliphatic heterocycles. The maximum atomic E-state index is 9.19. The van der Waals surface area contributed by atoms with Crippen LogP contribution in [0.4, 0.5) is 5.95 Å². The Balaban J connectivity index is 1.42. The summed E-state index contributed by atoms with van der Waals surface area (Å²) < 4.78 is 5.09. The van der Waals surface area contributed by atoms with E-state index < -0.39 is 0 Å². The Morgan fingerprint density at radius 1 is 1.38 bits per heavy atom. The van der Waals surface area contributed by atoms with Gasteiger partial charge in [-0.1, -0.05) is 6.58 Å². The molecule has 0 atom stereocenters. The maximum absolute atomic E-state index is 9.19. The lowest BCUT2D eigenvalue weighted by atomic mass is 9.91. The van der Waals surface area contributed by atoms with Crippen molar-refractivity contribution in [2.75, 3.05) is 32.1 Å². The van der Waals surface area contributed by atoms with Crippen LogP contribution in [0.2, 0.25) is 0 Å². The molecule has 9 heteroatoms. The Labute approximate surface area is 190 Å². The molecule has 9 nitrogen and oxygen atoms in total. The number of nitriles is 1. The van der Waals surface area contributed by atoms with Crippen LogP contribution >= 0.6 is 0 Å². The Hall–Kier alpha value is -2.83. The molecule has 172 valence electrons. The first-order valence-electron chi connectivity index (χ1n) is 11.3. The number of nitrogens with one attached hydrogen (secondary N) is 3. The van der Waals surface area contributed by atoms with E-state index in [1.165, 1.54) is 0 Å². The van der Waals surface area contributed by atoms with Crippen LogP contribution in [0.5, 0.6) is 0 Å². The Bertz CT molecular complexity index is 863. The molecule has 0 saturated heterocycles. The average molecular weight is 439 g/mol. The summed E-state index contributed by atoms with van der Waals surface area (Å²) in [5.41, 5.74) is 1.04. The molecule has 0 amide bonds. The third-order valence-electron chi connectivity index (χ3n) is 5.94. The van der Waals surface area contributed by atoms with E-state index in [1.54, 1.807) is 25.7 Å². The van der Waals surface area contributed by atoms with Crippen LogP contribution in [-0.4, -0.2) is 61.0 Å².